The highest BCUT2D eigenvalue weighted by molar-refractivity contribution is 9.10. The molecule has 0 unspecified atom stereocenters. The van der Waals surface area contributed by atoms with Crippen molar-refractivity contribution in [1.82, 2.24) is 19.9 Å². The van der Waals surface area contributed by atoms with Crippen LogP contribution in [-0.2, 0) is 0 Å². The summed E-state index contributed by atoms with van der Waals surface area (Å²) in [4.78, 5) is 30.3. The molecule has 0 saturated carbocycles. The number of amides is 1. The Morgan fingerprint density at radius 1 is 1.11 bits per heavy atom. The van der Waals surface area contributed by atoms with Crippen molar-refractivity contribution < 1.29 is 4.79 Å². The number of hydrogen-bond acceptors (Lipinski definition) is 6. The molecule has 0 radical (unpaired) electrons. The first-order valence-corrected chi connectivity index (χ1v) is 10.8. The minimum Gasteiger partial charge on any atom is -0.306 e. The van der Waals surface area contributed by atoms with Crippen molar-refractivity contribution in [3.63, 3.8) is 0 Å². The van der Waals surface area contributed by atoms with Crippen molar-refractivity contribution in [1.29, 1.82) is 0 Å². The molecule has 0 atom stereocenters. The lowest BCUT2D eigenvalue weighted by atomic mass is 10.2. The van der Waals surface area contributed by atoms with Gasteiger partial charge >= 0.3 is 0 Å². The van der Waals surface area contributed by atoms with E-state index < -0.39 is 0 Å². The first-order chi connectivity index (χ1) is 13.6. The molecular weight excluding hydrogens is 438 g/mol. The molecule has 2 heterocycles. The second-order valence-electron chi connectivity index (χ2n) is 6.07. The second kappa shape index (κ2) is 9.86. The van der Waals surface area contributed by atoms with Crippen LogP contribution in [0.25, 0.3) is 10.8 Å². The third-order valence-corrected chi connectivity index (χ3v) is 5.71. The number of benzene rings is 1. The van der Waals surface area contributed by atoms with Gasteiger partial charge in [0.2, 0.25) is 0 Å². The standard InChI is InChI=1S/C20H22BrN5OS/c1-3-25(4-2)11-12-26(16-8-5-7-15(21)13-16)20(27)17-14-28-19(24-17)18-22-9-6-10-23-18/h5-10,13-14H,3-4,11-12H2,1-2H3. The summed E-state index contributed by atoms with van der Waals surface area (Å²) in [5, 5.41) is 2.41. The van der Waals surface area contributed by atoms with E-state index >= 15 is 0 Å². The smallest absolute Gasteiger partial charge is 0.277 e. The Hall–Kier alpha value is -2.16. The van der Waals surface area contributed by atoms with E-state index in [9.17, 15) is 4.79 Å². The monoisotopic (exact) mass is 459 g/mol. The van der Waals surface area contributed by atoms with Gasteiger partial charge in [0.1, 0.15) is 5.69 Å². The minimum absolute atomic E-state index is 0.122. The SMILES string of the molecule is CCN(CC)CCN(C(=O)c1csc(-c2ncccn2)n1)c1cccc(Br)c1. The van der Waals surface area contributed by atoms with E-state index in [0.717, 1.165) is 29.8 Å². The zero-order chi connectivity index (χ0) is 19.9. The molecule has 0 fully saturated rings. The van der Waals surface area contributed by atoms with Gasteiger partial charge in [-0.15, -0.1) is 11.3 Å². The van der Waals surface area contributed by atoms with Crippen molar-refractivity contribution >= 4 is 38.9 Å². The number of thiazole rings is 1. The first kappa shape index (κ1) is 20.6. The van der Waals surface area contributed by atoms with Gasteiger partial charge in [-0.1, -0.05) is 35.8 Å². The summed E-state index contributed by atoms with van der Waals surface area (Å²) in [6.45, 7) is 7.53. The summed E-state index contributed by atoms with van der Waals surface area (Å²) < 4.78 is 0.933. The Morgan fingerprint density at radius 3 is 2.54 bits per heavy atom. The van der Waals surface area contributed by atoms with Gasteiger partial charge < -0.3 is 9.80 Å². The van der Waals surface area contributed by atoms with Crippen LogP contribution in [0.3, 0.4) is 0 Å². The van der Waals surface area contributed by atoms with Crippen LogP contribution >= 0.6 is 27.3 Å². The third-order valence-electron chi connectivity index (χ3n) is 4.38. The van der Waals surface area contributed by atoms with Crippen molar-refractivity contribution in [2.24, 2.45) is 0 Å². The fraction of sp³-hybridized carbons (Fsp3) is 0.300. The average molecular weight is 460 g/mol. The van der Waals surface area contributed by atoms with E-state index in [2.05, 4.69) is 49.6 Å². The van der Waals surface area contributed by atoms with Crippen molar-refractivity contribution in [3.05, 3.63) is 58.3 Å². The number of carbonyl (C=O) groups excluding carboxylic acids is 1. The maximum Gasteiger partial charge on any atom is 0.277 e. The summed E-state index contributed by atoms with van der Waals surface area (Å²) in [5.41, 5.74) is 1.25. The molecule has 8 heteroatoms. The van der Waals surface area contributed by atoms with E-state index in [1.54, 1.807) is 28.7 Å². The number of likely N-dealkylation sites (N-methyl/N-ethyl adjacent to an activating group) is 1. The molecule has 0 aliphatic rings. The maximum absolute atomic E-state index is 13.3. The lowest BCUT2D eigenvalue weighted by Gasteiger charge is -2.26. The third kappa shape index (κ3) is 5.01. The zero-order valence-corrected chi connectivity index (χ0v) is 18.3. The summed E-state index contributed by atoms with van der Waals surface area (Å²) in [6.07, 6.45) is 3.34. The van der Waals surface area contributed by atoms with Gasteiger partial charge in [-0.2, -0.15) is 0 Å². The molecule has 28 heavy (non-hydrogen) atoms. The van der Waals surface area contributed by atoms with Crippen LogP contribution in [0.5, 0.6) is 0 Å². The Bertz CT molecular complexity index is 914. The lowest BCUT2D eigenvalue weighted by molar-refractivity contribution is 0.0979. The Kier molecular flexibility index (Phi) is 7.24. The quantitative estimate of drug-likeness (QED) is 0.500. The van der Waals surface area contributed by atoms with Gasteiger partial charge in [-0.05, 0) is 37.4 Å². The van der Waals surface area contributed by atoms with Gasteiger partial charge in [-0.3, -0.25) is 4.79 Å². The number of aromatic nitrogens is 3. The van der Waals surface area contributed by atoms with E-state index in [0.29, 0.717) is 23.1 Å². The molecule has 0 aliphatic carbocycles. The van der Waals surface area contributed by atoms with Crippen LogP contribution < -0.4 is 4.90 Å². The molecule has 0 saturated heterocycles. The van der Waals surface area contributed by atoms with Gasteiger partial charge in [0.15, 0.2) is 10.8 Å². The molecule has 0 N–H and O–H groups in total. The van der Waals surface area contributed by atoms with Crippen LogP contribution in [0, 0.1) is 0 Å². The second-order valence-corrected chi connectivity index (χ2v) is 7.85. The van der Waals surface area contributed by atoms with Crippen molar-refractivity contribution in [2.45, 2.75) is 13.8 Å². The number of anilines is 1. The zero-order valence-electron chi connectivity index (χ0n) is 15.9. The predicted molar refractivity (Wildman–Crippen MR) is 117 cm³/mol. The van der Waals surface area contributed by atoms with E-state index in [-0.39, 0.29) is 5.91 Å². The largest absolute Gasteiger partial charge is 0.306 e. The van der Waals surface area contributed by atoms with Gasteiger partial charge in [0.05, 0.1) is 0 Å². The van der Waals surface area contributed by atoms with Crippen LogP contribution in [0.4, 0.5) is 5.69 Å². The van der Waals surface area contributed by atoms with Crippen molar-refractivity contribution in [3.8, 4) is 10.8 Å². The molecular formula is C20H22BrN5OS. The average Bonchev–Trinajstić information content (AvgIpc) is 3.22. The highest BCUT2D eigenvalue weighted by Crippen LogP contribution is 2.24. The Labute approximate surface area is 177 Å². The highest BCUT2D eigenvalue weighted by atomic mass is 79.9. The molecule has 146 valence electrons. The Morgan fingerprint density at radius 2 is 1.86 bits per heavy atom. The molecule has 0 spiro atoms. The summed E-state index contributed by atoms with van der Waals surface area (Å²) in [7, 11) is 0. The number of hydrogen-bond donors (Lipinski definition) is 0. The fourth-order valence-electron chi connectivity index (χ4n) is 2.80. The number of halogens is 1. The van der Waals surface area contributed by atoms with Gasteiger partial charge in [-0.25, -0.2) is 15.0 Å². The summed E-state index contributed by atoms with van der Waals surface area (Å²) >= 11 is 4.88. The summed E-state index contributed by atoms with van der Waals surface area (Å²) in [6, 6.07) is 9.53. The Balaban J connectivity index is 1.87. The molecule has 1 amide bonds. The maximum atomic E-state index is 13.3. The van der Waals surface area contributed by atoms with Crippen LogP contribution in [0.15, 0.2) is 52.6 Å². The lowest BCUT2D eigenvalue weighted by Crippen LogP contribution is -2.39. The van der Waals surface area contributed by atoms with Crippen LogP contribution in [0.1, 0.15) is 24.3 Å². The molecule has 2 aromatic heterocycles. The van der Waals surface area contributed by atoms with E-state index in [1.807, 2.05) is 24.3 Å². The molecule has 0 aliphatic heterocycles. The number of rotatable bonds is 8. The van der Waals surface area contributed by atoms with Gasteiger partial charge in [0.25, 0.3) is 5.91 Å². The van der Waals surface area contributed by atoms with Crippen LogP contribution in [-0.4, -0.2) is 51.9 Å². The topological polar surface area (TPSA) is 62.2 Å². The van der Waals surface area contributed by atoms with Gasteiger partial charge in [0, 0.05) is 41.0 Å². The first-order valence-electron chi connectivity index (χ1n) is 9.15. The summed E-state index contributed by atoms with van der Waals surface area (Å²) in [5.74, 6) is 0.410. The predicted octanol–water partition coefficient (Wildman–Crippen LogP) is 4.35. The molecule has 3 rings (SSSR count). The highest BCUT2D eigenvalue weighted by Gasteiger charge is 2.22. The molecule has 3 aromatic rings. The van der Waals surface area contributed by atoms with E-state index in [1.165, 1.54) is 11.3 Å². The molecule has 6 nitrogen and oxygen atoms in total. The van der Waals surface area contributed by atoms with Crippen molar-refractivity contribution in [2.75, 3.05) is 31.1 Å². The minimum atomic E-state index is -0.122. The van der Waals surface area contributed by atoms with Crippen LogP contribution in [0.2, 0.25) is 0 Å². The normalized spacial score (nSPS) is 11.0. The molecule has 0 bridgehead atoms. The molecule has 1 aromatic carbocycles. The number of carbonyl (C=O) groups is 1. The van der Waals surface area contributed by atoms with E-state index in [4.69, 9.17) is 0 Å². The number of nitrogens with zero attached hydrogens (tertiary/aromatic N) is 5. The fourth-order valence-corrected chi connectivity index (χ4v) is 3.92.